The minimum Gasteiger partial charge on any atom is -0.341 e. The van der Waals surface area contributed by atoms with Gasteiger partial charge in [0.15, 0.2) is 0 Å². The van der Waals surface area contributed by atoms with E-state index in [1.807, 2.05) is 19.1 Å². The number of fused-ring (bicyclic) bond motifs is 2. The Morgan fingerprint density at radius 1 is 1.07 bits per heavy atom. The van der Waals surface area contributed by atoms with Gasteiger partial charge >= 0.3 is 0 Å². The van der Waals surface area contributed by atoms with Crippen LogP contribution in [0, 0.1) is 18.7 Å². The Morgan fingerprint density at radius 3 is 2.38 bits per heavy atom. The maximum Gasteiger partial charge on any atom is 0.227 e. The molecular formula is C23H32FN3O2. The molecule has 2 amide bonds. The normalized spacial score (nSPS) is 32.2. The summed E-state index contributed by atoms with van der Waals surface area (Å²) in [5.41, 5.74) is 8.01. The summed E-state index contributed by atoms with van der Waals surface area (Å²) in [7, 11) is 0. The third-order valence-electron chi connectivity index (χ3n) is 7.22. The molecule has 1 aromatic carbocycles. The fraction of sp³-hybridized carbons (Fsp3) is 0.652. The van der Waals surface area contributed by atoms with Gasteiger partial charge in [0.2, 0.25) is 11.8 Å². The van der Waals surface area contributed by atoms with Gasteiger partial charge in [-0.15, -0.1) is 0 Å². The largest absolute Gasteiger partial charge is 0.341 e. The zero-order valence-corrected chi connectivity index (χ0v) is 17.4. The molecule has 0 aromatic heterocycles. The van der Waals surface area contributed by atoms with E-state index in [0.29, 0.717) is 24.6 Å². The highest BCUT2D eigenvalue weighted by Crippen LogP contribution is 2.44. The summed E-state index contributed by atoms with van der Waals surface area (Å²) in [6, 6.07) is 5.88. The molecule has 0 saturated carbocycles. The second kappa shape index (κ2) is 8.05. The average molecular weight is 402 g/mol. The lowest BCUT2D eigenvalue weighted by Gasteiger charge is -2.41. The molecule has 3 aliphatic rings. The summed E-state index contributed by atoms with van der Waals surface area (Å²) >= 11 is 0. The minimum atomic E-state index is -0.161. The number of carbonyl (C=O) groups is 2. The highest BCUT2D eigenvalue weighted by molar-refractivity contribution is 5.81. The van der Waals surface area contributed by atoms with E-state index < -0.39 is 0 Å². The second-order valence-electron chi connectivity index (χ2n) is 9.27. The highest BCUT2D eigenvalue weighted by Gasteiger charge is 2.45. The van der Waals surface area contributed by atoms with Crippen molar-refractivity contribution in [1.29, 1.82) is 0 Å². The molecule has 158 valence electrons. The van der Waals surface area contributed by atoms with Crippen molar-refractivity contribution in [3.63, 3.8) is 0 Å². The van der Waals surface area contributed by atoms with Gasteiger partial charge in [0.1, 0.15) is 5.82 Å². The molecule has 0 aliphatic carbocycles. The number of halogens is 1. The molecule has 6 heteroatoms. The Balaban J connectivity index is 1.48. The lowest BCUT2D eigenvalue weighted by molar-refractivity contribution is -0.142. The Morgan fingerprint density at radius 2 is 1.76 bits per heavy atom. The second-order valence-corrected chi connectivity index (χ2v) is 9.27. The van der Waals surface area contributed by atoms with Gasteiger partial charge in [0.25, 0.3) is 0 Å². The third kappa shape index (κ3) is 4.04. The Kier molecular flexibility index (Phi) is 5.65. The van der Waals surface area contributed by atoms with Crippen molar-refractivity contribution in [3.05, 3.63) is 35.1 Å². The fourth-order valence-electron chi connectivity index (χ4n) is 5.62. The molecule has 1 aromatic rings. The van der Waals surface area contributed by atoms with Crippen LogP contribution in [0.5, 0.6) is 0 Å². The van der Waals surface area contributed by atoms with Crippen LogP contribution in [0.25, 0.3) is 0 Å². The lowest BCUT2D eigenvalue weighted by Crippen LogP contribution is -2.50. The SMILES string of the molecule is CC(=O)N1C[C@@H](N)CC[C@@H](C(=O)N2[C@@H]3CC[C@H]2CC(c2ccc(F)c(C)c2)C3)C1. The van der Waals surface area contributed by atoms with Crippen LogP contribution in [0.4, 0.5) is 4.39 Å². The van der Waals surface area contributed by atoms with Crippen LogP contribution in [-0.2, 0) is 9.59 Å². The first kappa shape index (κ1) is 20.3. The maximum absolute atomic E-state index is 13.7. The molecule has 3 saturated heterocycles. The summed E-state index contributed by atoms with van der Waals surface area (Å²) in [6.07, 6.45) is 5.48. The standard InChI is InChI=1S/C23H32FN3O2/c1-14-9-16(4-8-22(14)24)18-10-20-6-7-21(11-18)27(20)23(29)17-3-5-19(25)13-26(12-17)15(2)28/h4,8-9,17-21H,3,5-7,10-13,25H2,1-2H3/t17-,18?,19+,20-,21+/m1/s1. The highest BCUT2D eigenvalue weighted by atomic mass is 19.1. The van der Waals surface area contributed by atoms with Crippen molar-refractivity contribution < 1.29 is 14.0 Å². The number of aryl methyl sites for hydroxylation is 1. The molecule has 2 N–H and O–H groups in total. The van der Waals surface area contributed by atoms with Gasteiger partial charge in [0.05, 0.1) is 5.92 Å². The Bertz CT molecular complexity index is 784. The van der Waals surface area contributed by atoms with E-state index >= 15 is 0 Å². The zero-order chi connectivity index (χ0) is 20.7. The molecule has 3 aliphatic heterocycles. The lowest BCUT2D eigenvalue weighted by atomic mass is 9.83. The molecule has 5 nitrogen and oxygen atoms in total. The number of piperidine rings is 1. The maximum atomic E-state index is 13.7. The van der Waals surface area contributed by atoms with Crippen molar-refractivity contribution >= 4 is 11.8 Å². The van der Waals surface area contributed by atoms with Crippen LogP contribution in [0.15, 0.2) is 18.2 Å². The van der Waals surface area contributed by atoms with Crippen molar-refractivity contribution in [3.8, 4) is 0 Å². The molecule has 29 heavy (non-hydrogen) atoms. The minimum absolute atomic E-state index is 0.00601. The van der Waals surface area contributed by atoms with Gasteiger partial charge in [-0.05, 0) is 68.6 Å². The monoisotopic (exact) mass is 401 g/mol. The first-order valence-electron chi connectivity index (χ1n) is 10.9. The molecule has 0 spiro atoms. The average Bonchev–Trinajstić information content (AvgIpc) is 2.84. The summed E-state index contributed by atoms with van der Waals surface area (Å²) in [5.74, 6) is 0.262. The topological polar surface area (TPSA) is 66.6 Å². The van der Waals surface area contributed by atoms with Gasteiger partial charge in [-0.3, -0.25) is 9.59 Å². The first-order valence-corrected chi connectivity index (χ1v) is 10.9. The van der Waals surface area contributed by atoms with Crippen LogP contribution in [-0.4, -0.2) is 52.8 Å². The van der Waals surface area contributed by atoms with Crippen LogP contribution < -0.4 is 5.73 Å². The van der Waals surface area contributed by atoms with Crippen LogP contribution in [0.2, 0.25) is 0 Å². The quantitative estimate of drug-likeness (QED) is 0.829. The van der Waals surface area contributed by atoms with Gasteiger partial charge in [-0.2, -0.15) is 0 Å². The van der Waals surface area contributed by atoms with E-state index in [-0.39, 0.29) is 41.7 Å². The van der Waals surface area contributed by atoms with Crippen LogP contribution in [0.1, 0.15) is 62.5 Å². The smallest absolute Gasteiger partial charge is 0.227 e. The number of rotatable bonds is 2. The van der Waals surface area contributed by atoms with Crippen molar-refractivity contribution in [1.82, 2.24) is 9.80 Å². The van der Waals surface area contributed by atoms with Crippen LogP contribution >= 0.6 is 0 Å². The predicted octanol–water partition coefficient (Wildman–Crippen LogP) is 2.96. The third-order valence-corrected chi connectivity index (χ3v) is 7.22. The molecule has 0 radical (unpaired) electrons. The van der Waals surface area contributed by atoms with E-state index in [1.54, 1.807) is 17.9 Å². The van der Waals surface area contributed by atoms with Crippen LogP contribution in [0.3, 0.4) is 0 Å². The fourth-order valence-corrected chi connectivity index (χ4v) is 5.62. The molecular weight excluding hydrogens is 369 g/mol. The summed E-state index contributed by atoms with van der Waals surface area (Å²) in [4.78, 5) is 29.3. The molecule has 4 rings (SSSR count). The predicted molar refractivity (Wildman–Crippen MR) is 110 cm³/mol. The van der Waals surface area contributed by atoms with E-state index in [2.05, 4.69) is 4.90 Å². The van der Waals surface area contributed by atoms with Crippen molar-refractivity contribution in [2.24, 2.45) is 11.7 Å². The number of carbonyl (C=O) groups excluding carboxylic acids is 2. The number of hydrogen-bond donors (Lipinski definition) is 1. The number of nitrogens with two attached hydrogens (primary N) is 1. The summed E-state index contributed by atoms with van der Waals surface area (Å²) in [6.45, 7) is 4.39. The van der Waals surface area contributed by atoms with Gasteiger partial charge in [0, 0.05) is 38.1 Å². The molecule has 3 heterocycles. The number of amides is 2. The summed E-state index contributed by atoms with van der Waals surface area (Å²) < 4.78 is 13.7. The van der Waals surface area contributed by atoms with E-state index in [9.17, 15) is 14.0 Å². The van der Waals surface area contributed by atoms with Crippen molar-refractivity contribution in [2.75, 3.05) is 13.1 Å². The molecule has 5 atom stereocenters. The van der Waals surface area contributed by atoms with E-state index in [1.165, 1.54) is 5.56 Å². The molecule has 2 bridgehead atoms. The number of likely N-dealkylation sites (tertiary alicyclic amines) is 1. The number of hydrogen-bond acceptors (Lipinski definition) is 3. The van der Waals surface area contributed by atoms with Gasteiger partial charge in [-0.25, -0.2) is 4.39 Å². The Labute approximate surface area is 172 Å². The van der Waals surface area contributed by atoms with Gasteiger partial charge < -0.3 is 15.5 Å². The number of nitrogens with zero attached hydrogens (tertiary/aromatic N) is 2. The zero-order valence-electron chi connectivity index (χ0n) is 17.4. The summed E-state index contributed by atoms with van der Waals surface area (Å²) in [5, 5.41) is 0. The van der Waals surface area contributed by atoms with Gasteiger partial charge in [-0.1, -0.05) is 12.1 Å². The van der Waals surface area contributed by atoms with E-state index in [4.69, 9.17) is 5.73 Å². The van der Waals surface area contributed by atoms with Crippen molar-refractivity contribution in [2.45, 2.75) is 76.4 Å². The Hall–Kier alpha value is -1.95. The first-order chi connectivity index (χ1) is 13.8. The molecule has 1 unspecified atom stereocenters. The molecule has 3 fully saturated rings. The number of benzene rings is 1. The van der Waals surface area contributed by atoms with E-state index in [0.717, 1.165) is 38.5 Å².